The molecule has 0 radical (unpaired) electrons. The first kappa shape index (κ1) is 11.2. The quantitative estimate of drug-likeness (QED) is 0.733. The molecule has 92 valence electrons. The van der Waals surface area contributed by atoms with Gasteiger partial charge in [0.2, 0.25) is 0 Å². The summed E-state index contributed by atoms with van der Waals surface area (Å²) in [4.78, 5) is 11.1. The summed E-state index contributed by atoms with van der Waals surface area (Å²) in [5, 5.41) is 10.8. The van der Waals surface area contributed by atoms with Gasteiger partial charge in [0.1, 0.15) is 5.69 Å². The summed E-state index contributed by atoms with van der Waals surface area (Å²) in [6.07, 6.45) is 0. The van der Waals surface area contributed by atoms with E-state index in [1.165, 1.54) is 0 Å². The van der Waals surface area contributed by atoms with Gasteiger partial charge in [-0.25, -0.2) is 4.79 Å². The molecule has 0 aliphatic rings. The van der Waals surface area contributed by atoms with Crippen LogP contribution in [-0.2, 0) is 14.1 Å². The van der Waals surface area contributed by atoms with Crippen molar-refractivity contribution in [2.24, 2.45) is 14.1 Å². The molecular weight excluding hydrogens is 252 g/mol. The zero-order valence-corrected chi connectivity index (χ0v) is 10.7. The number of rotatable bonds is 1. The predicted octanol–water partition coefficient (Wildman–Crippen LogP) is 3.02. The minimum Gasteiger partial charge on any atom is -0.477 e. The second kappa shape index (κ2) is 3.53. The number of aryl methyl sites for hydroxylation is 2. The van der Waals surface area contributed by atoms with Gasteiger partial charge in [-0.15, -0.1) is 0 Å². The number of hydrogen-bond acceptors (Lipinski definition) is 1. The monoisotopic (exact) mass is 262 g/mol. The van der Waals surface area contributed by atoms with Crippen molar-refractivity contribution in [2.45, 2.75) is 0 Å². The number of fused-ring (bicyclic) bond motifs is 3. The summed E-state index contributed by atoms with van der Waals surface area (Å²) < 4.78 is 3.66. The fourth-order valence-corrected chi connectivity index (χ4v) is 2.65. The number of carbonyl (C=O) groups is 1. The zero-order valence-electron chi connectivity index (χ0n) is 9.94. The molecule has 0 fully saturated rings. The first-order valence-electron chi connectivity index (χ1n) is 5.47. The largest absolute Gasteiger partial charge is 0.477 e. The third-order valence-electron chi connectivity index (χ3n) is 3.37. The van der Waals surface area contributed by atoms with E-state index in [9.17, 15) is 4.79 Å². The second-order valence-electron chi connectivity index (χ2n) is 4.35. The summed E-state index contributed by atoms with van der Waals surface area (Å²) in [7, 11) is 3.67. The van der Waals surface area contributed by atoms with Crippen molar-refractivity contribution >= 4 is 39.5 Å². The van der Waals surface area contributed by atoms with Crippen molar-refractivity contribution in [3.63, 3.8) is 0 Å². The maximum atomic E-state index is 11.1. The van der Waals surface area contributed by atoms with E-state index >= 15 is 0 Å². The van der Waals surface area contributed by atoms with E-state index in [-0.39, 0.29) is 5.69 Å². The van der Waals surface area contributed by atoms with Crippen LogP contribution in [0.25, 0.3) is 21.9 Å². The number of nitrogens with zero attached hydrogens (tertiary/aromatic N) is 2. The van der Waals surface area contributed by atoms with Gasteiger partial charge in [-0.05, 0) is 24.3 Å². The number of carboxylic acids is 1. The van der Waals surface area contributed by atoms with E-state index in [0.29, 0.717) is 5.02 Å². The molecule has 0 atom stereocenters. The lowest BCUT2D eigenvalue weighted by molar-refractivity contribution is 0.0687. The minimum atomic E-state index is -0.921. The highest BCUT2D eigenvalue weighted by Crippen LogP contribution is 2.31. The van der Waals surface area contributed by atoms with Crippen LogP contribution in [0.3, 0.4) is 0 Å². The van der Waals surface area contributed by atoms with Crippen molar-refractivity contribution in [2.75, 3.05) is 0 Å². The average Bonchev–Trinajstić information content (AvgIpc) is 2.78. The van der Waals surface area contributed by atoms with Crippen LogP contribution < -0.4 is 0 Å². The van der Waals surface area contributed by atoms with Crippen LogP contribution in [0.4, 0.5) is 0 Å². The fourth-order valence-electron chi connectivity index (χ4n) is 2.48. The van der Waals surface area contributed by atoms with E-state index < -0.39 is 5.97 Å². The second-order valence-corrected chi connectivity index (χ2v) is 4.78. The van der Waals surface area contributed by atoms with Crippen LogP contribution >= 0.6 is 11.6 Å². The first-order valence-corrected chi connectivity index (χ1v) is 5.85. The summed E-state index contributed by atoms with van der Waals surface area (Å²) in [5.74, 6) is -0.921. The fraction of sp³-hybridized carbons (Fsp3) is 0.154. The molecule has 0 bridgehead atoms. The van der Waals surface area contributed by atoms with Crippen molar-refractivity contribution in [1.29, 1.82) is 0 Å². The molecule has 0 unspecified atom stereocenters. The molecule has 0 saturated heterocycles. The molecule has 1 aromatic carbocycles. The maximum Gasteiger partial charge on any atom is 0.352 e. The third kappa shape index (κ3) is 1.29. The number of hydrogen-bond donors (Lipinski definition) is 1. The maximum absolute atomic E-state index is 11.1. The molecule has 18 heavy (non-hydrogen) atoms. The number of halogens is 1. The molecule has 1 N–H and O–H groups in total. The van der Waals surface area contributed by atoms with Crippen molar-refractivity contribution in [3.05, 3.63) is 35.0 Å². The molecule has 3 rings (SSSR count). The van der Waals surface area contributed by atoms with Crippen LogP contribution in [0.5, 0.6) is 0 Å². The van der Waals surface area contributed by atoms with E-state index in [1.54, 1.807) is 17.7 Å². The topological polar surface area (TPSA) is 47.2 Å². The lowest BCUT2D eigenvalue weighted by atomic mass is 10.2. The van der Waals surface area contributed by atoms with Gasteiger partial charge < -0.3 is 14.2 Å². The molecule has 2 aromatic heterocycles. The molecule has 0 amide bonds. The Morgan fingerprint density at radius 2 is 1.89 bits per heavy atom. The van der Waals surface area contributed by atoms with Crippen LogP contribution in [0.15, 0.2) is 24.3 Å². The van der Waals surface area contributed by atoms with Crippen LogP contribution in [-0.4, -0.2) is 20.2 Å². The average molecular weight is 263 g/mol. The van der Waals surface area contributed by atoms with E-state index in [0.717, 1.165) is 21.9 Å². The Bertz CT molecular complexity index is 798. The van der Waals surface area contributed by atoms with Gasteiger partial charge in [0, 0.05) is 24.5 Å². The van der Waals surface area contributed by atoms with Gasteiger partial charge >= 0.3 is 5.97 Å². The lowest BCUT2D eigenvalue weighted by Gasteiger charge is -2.00. The summed E-state index contributed by atoms with van der Waals surface area (Å²) >= 11 is 5.99. The molecule has 4 nitrogen and oxygen atoms in total. The normalized spacial score (nSPS) is 11.5. The number of benzene rings is 1. The third-order valence-corrected chi connectivity index (χ3v) is 3.60. The Balaban J connectivity index is 2.53. The Labute approximate surface area is 108 Å². The number of aromatic nitrogens is 2. The Morgan fingerprint density at radius 1 is 1.17 bits per heavy atom. The molecule has 0 spiro atoms. The van der Waals surface area contributed by atoms with Gasteiger partial charge in [-0.3, -0.25) is 0 Å². The standard InChI is InChI=1S/C13H11ClN2O2/c1-15-9-5-7(14)3-4-8(9)12-10(15)6-11(13(17)18)16(12)2/h3-6H,1-2H3,(H,17,18). The van der Waals surface area contributed by atoms with Crippen molar-refractivity contribution in [1.82, 2.24) is 9.13 Å². The SMILES string of the molecule is Cn1c(C(=O)O)cc2c1c1ccc(Cl)cc1n2C. The van der Waals surface area contributed by atoms with Gasteiger partial charge in [-0.1, -0.05) is 11.6 Å². The Hall–Kier alpha value is -1.94. The van der Waals surface area contributed by atoms with E-state index in [1.807, 2.05) is 29.8 Å². The summed E-state index contributed by atoms with van der Waals surface area (Å²) in [5.41, 5.74) is 3.10. The molecule has 3 aromatic rings. The van der Waals surface area contributed by atoms with Crippen molar-refractivity contribution in [3.8, 4) is 0 Å². The van der Waals surface area contributed by atoms with Gasteiger partial charge in [0.25, 0.3) is 0 Å². The van der Waals surface area contributed by atoms with Crippen LogP contribution in [0.2, 0.25) is 5.02 Å². The Morgan fingerprint density at radius 3 is 2.56 bits per heavy atom. The zero-order chi connectivity index (χ0) is 13.0. The van der Waals surface area contributed by atoms with Crippen LogP contribution in [0.1, 0.15) is 10.5 Å². The summed E-state index contributed by atoms with van der Waals surface area (Å²) in [6, 6.07) is 7.31. The Kier molecular flexibility index (Phi) is 2.19. The molecule has 5 heteroatoms. The first-order chi connectivity index (χ1) is 8.50. The molecular formula is C13H11ClN2O2. The van der Waals surface area contributed by atoms with Crippen LogP contribution in [0, 0.1) is 0 Å². The smallest absolute Gasteiger partial charge is 0.352 e. The lowest BCUT2D eigenvalue weighted by Crippen LogP contribution is -2.03. The van der Waals surface area contributed by atoms with Gasteiger partial charge in [0.15, 0.2) is 0 Å². The summed E-state index contributed by atoms with van der Waals surface area (Å²) in [6.45, 7) is 0. The highest BCUT2D eigenvalue weighted by atomic mass is 35.5. The highest BCUT2D eigenvalue weighted by Gasteiger charge is 2.18. The molecule has 0 aliphatic carbocycles. The van der Waals surface area contributed by atoms with Gasteiger partial charge in [0.05, 0.1) is 16.6 Å². The van der Waals surface area contributed by atoms with Gasteiger partial charge in [-0.2, -0.15) is 0 Å². The number of aromatic carboxylic acids is 1. The predicted molar refractivity (Wildman–Crippen MR) is 71.4 cm³/mol. The van der Waals surface area contributed by atoms with E-state index in [2.05, 4.69) is 0 Å². The minimum absolute atomic E-state index is 0.285. The highest BCUT2D eigenvalue weighted by molar-refractivity contribution is 6.31. The number of carboxylic acid groups (broad SMARTS) is 1. The molecule has 2 heterocycles. The van der Waals surface area contributed by atoms with E-state index in [4.69, 9.17) is 16.7 Å². The molecule has 0 saturated carbocycles. The molecule has 0 aliphatic heterocycles. The van der Waals surface area contributed by atoms with Crippen molar-refractivity contribution < 1.29 is 9.90 Å².